The third-order valence-electron chi connectivity index (χ3n) is 2.50. The zero-order valence-electron chi connectivity index (χ0n) is 10.8. The van der Waals surface area contributed by atoms with Crippen molar-refractivity contribution in [3.8, 4) is 0 Å². The van der Waals surface area contributed by atoms with E-state index in [9.17, 15) is 14.8 Å². The maximum absolute atomic E-state index is 11.6. The van der Waals surface area contributed by atoms with Gasteiger partial charge in [-0.3, -0.25) is 4.79 Å². The highest BCUT2D eigenvalue weighted by Gasteiger charge is 2.11. The van der Waals surface area contributed by atoms with Gasteiger partial charge in [-0.15, -0.1) is 0 Å². The van der Waals surface area contributed by atoms with E-state index in [2.05, 4.69) is 21.2 Å². The molecular formula is C14H11BrN2O4. The Bertz CT molecular complexity index is 641. The maximum atomic E-state index is 11.6. The lowest BCUT2D eigenvalue weighted by molar-refractivity contribution is -0.605. The minimum Gasteiger partial charge on any atom is -0.619 e. The van der Waals surface area contributed by atoms with Crippen molar-refractivity contribution in [3.05, 3.63) is 64.0 Å². The number of rotatable bonds is 4. The lowest BCUT2D eigenvalue weighted by Crippen LogP contribution is -2.25. The third kappa shape index (κ3) is 4.57. The highest BCUT2D eigenvalue weighted by Crippen LogP contribution is 2.13. The van der Waals surface area contributed by atoms with Crippen LogP contribution in [0.1, 0.15) is 10.4 Å². The standard InChI is InChI=1S/C14H11BrN2O4/c15-11-1-3-12(4-2-11)16-13(18)9-21-14(19)10-5-7-17(20)8-6-10/h1-8H,9H2,(H,16,18). The molecule has 0 aliphatic carbocycles. The fourth-order valence-electron chi connectivity index (χ4n) is 1.49. The number of amides is 1. The van der Waals surface area contributed by atoms with Gasteiger partial charge in [0.15, 0.2) is 19.0 Å². The molecule has 0 saturated carbocycles. The van der Waals surface area contributed by atoms with E-state index in [0.717, 1.165) is 4.47 Å². The molecule has 6 nitrogen and oxygen atoms in total. The Kier molecular flexibility index (Phi) is 4.89. The van der Waals surface area contributed by atoms with Crippen LogP contribution >= 0.6 is 15.9 Å². The van der Waals surface area contributed by atoms with Crippen LogP contribution < -0.4 is 10.0 Å². The predicted octanol–water partition coefficient (Wildman–Crippen LogP) is 1.88. The van der Waals surface area contributed by atoms with Gasteiger partial charge in [0.05, 0.1) is 5.56 Å². The quantitative estimate of drug-likeness (QED) is 0.518. The second-order valence-electron chi connectivity index (χ2n) is 4.08. The van der Waals surface area contributed by atoms with E-state index in [1.807, 2.05) is 0 Å². The molecule has 108 valence electrons. The molecule has 1 aromatic carbocycles. The van der Waals surface area contributed by atoms with E-state index in [4.69, 9.17) is 4.74 Å². The van der Waals surface area contributed by atoms with Gasteiger partial charge in [-0.1, -0.05) is 15.9 Å². The molecule has 0 aliphatic rings. The summed E-state index contributed by atoms with van der Waals surface area (Å²) in [6.07, 6.45) is 2.36. The third-order valence-corrected chi connectivity index (χ3v) is 3.03. The average molecular weight is 351 g/mol. The van der Waals surface area contributed by atoms with Crippen molar-refractivity contribution in [1.29, 1.82) is 0 Å². The molecule has 0 bridgehead atoms. The first-order valence-electron chi connectivity index (χ1n) is 5.96. The zero-order chi connectivity index (χ0) is 15.2. The molecule has 2 rings (SSSR count). The van der Waals surface area contributed by atoms with E-state index < -0.39 is 18.5 Å². The lowest BCUT2D eigenvalue weighted by atomic mass is 10.3. The second-order valence-corrected chi connectivity index (χ2v) is 4.99. The normalized spacial score (nSPS) is 9.95. The highest BCUT2D eigenvalue weighted by atomic mass is 79.9. The van der Waals surface area contributed by atoms with Gasteiger partial charge >= 0.3 is 5.97 Å². The molecular weight excluding hydrogens is 340 g/mol. The molecule has 7 heteroatoms. The van der Waals surface area contributed by atoms with Gasteiger partial charge in [-0.05, 0) is 24.3 Å². The van der Waals surface area contributed by atoms with Gasteiger partial charge in [-0.25, -0.2) is 4.79 Å². The van der Waals surface area contributed by atoms with Crippen molar-refractivity contribution in [2.75, 3.05) is 11.9 Å². The van der Waals surface area contributed by atoms with Crippen molar-refractivity contribution in [3.63, 3.8) is 0 Å². The molecule has 0 atom stereocenters. The Morgan fingerprint density at radius 3 is 2.38 bits per heavy atom. The Balaban J connectivity index is 1.84. The van der Waals surface area contributed by atoms with Gasteiger partial charge in [0.2, 0.25) is 0 Å². The zero-order valence-corrected chi connectivity index (χ0v) is 12.4. The number of nitrogens with zero attached hydrogens (tertiary/aromatic N) is 1. The van der Waals surface area contributed by atoms with Crippen molar-refractivity contribution in [1.82, 2.24) is 0 Å². The number of benzene rings is 1. The van der Waals surface area contributed by atoms with Crippen LogP contribution in [0.4, 0.5) is 5.69 Å². The molecule has 1 N–H and O–H groups in total. The van der Waals surface area contributed by atoms with Crippen LogP contribution in [-0.4, -0.2) is 18.5 Å². The van der Waals surface area contributed by atoms with Gasteiger partial charge in [0.1, 0.15) is 0 Å². The van der Waals surface area contributed by atoms with Crippen LogP contribution in [0.15, 0.2) is 53.3 Å². The molecule has 1 amide bonds. The fraction of sp³-hybridized carbons (Fsp3) is 0.0714. The lowest BCUT2D eigenvalue weighted by Gasteiger charge is -2.06. The monoisotopic (exact) mass is 350 g/mol. The smallest absolute Gasteiger partial charge is 0.339 e. The van der Waals surface area contributed by atoms with E-state index in [-0.39, 0.29) is 5.56 Å². The SMILES string of the molecule is O=C(COC(=O)c1cc[n+]([O-])cc1)Nc1ccc(Br)cc1. The molecule has 2 aromatic rings. The summed E-state index contributed by atoms with van der Waals surface area (Å²) in [6, 6.07) is 9.64. The van der Waals surface area contributed by atoms with E-state index >= 15 is 0 Å². The van der Waals surface area contributed by atoms with E-state index in [1.165, 1.54) is 24.5 Å². The summed E-state index contributed by atoms with van der Waals surface area (Å²) in [4.78, 5) is 23.3. The first kappa shape index (κ1) is 15.0. The molecule has 21 heavy (non-hydrogen) atoms. The number of hydrogen-bond donors (Lipinski definition) is 1. The van der Waals surface area contributed by atoms with Crippen LogP contribution in [0.2, 0.25) is 0 Å². The summed E-state index contributed by atoms with van der Waals surface area (Å²) >= 11 is 3.29. The summed E-state index contributed by atoms with van der Waals surface area (Å²) < 4.78 is 6.30. The van der Waals surface area contributed by atoms with E-state index in [0.29, 0.717) is 10.4 Å². The Morgan fingerprint density at radius 2 is 1.76 bits per heavy atom. The van der Waals surface area contributed by atoms with Gasteiger partial charge in [0, 0.05) is 22.3 Å². The first-order valence-corrected chi connectivity index (χ1v) is 6.75. The molecule has 0 radical (unpaired) electrons. The predicted molar refractivity (Wildman–Crippen MR) is 78.5 cm³/mol. The van der Waals surface area contributed by atoms with Gasteiger partial charge in [0.25, 0.3) is 5.91 Å². The number of nitrogens with one attached hydrogen (secondary N) is 1. The Morgan fingerprint density at radius 1 is 1.14 bits per heavy atom. The molecule has 0 unspecified atom stereocenters. The van der Waals surface area contributed by atoms with Crippen LogP contribution in [0, 0.1) is 5.21 Å². The van der Waals surface area contributed by atoms with Crippen LogP contribution in [0.25, 0.3) is 0 Å². The largest absolute Gasteiger partial charge is 0.619 e. The number of carbonyl (C=O) groups excluding carboxylic acids is 2. The highest BCUT2D eigenvalue weighted by molar-refractivity contribution is 9.10. The summed E-state index contributed by atoms with van der Waals surface area (Å²) in [5.41, 5.74) is 0.810. The molecule has 0 fully saturated rings. The number of esters is 1. The first-order chi connectivity index (χ1) is 10.0. The van der Waals surface area contributed by atoms with Crippen molar-refractivity contribution in [2.24, 2.45) is 0 Å². The minimum atomic E-state index is -0.665. The number of hydrogen-bond acceptors (Lipinski definition) is 4. The number of pyridine rings is 1. The molecule has 0 aliphatic heterocycles. The van der Waals surface area contributed by atoms with Gasteiger partial charge in [-0.2, -0.15) is 4.73 Å². The van der Waals surface area contributed by atoms with Crippen molar-refractivity contribution >= 4 is 33.5 Å². The molecule has 1 aromatic heterocycles. The summed E-state index contributed by atoms with van der Waals surface area (Å²) in [6.45, 7) is -0.402. The summed E-state index contributed by atoms with van der Waals surface area (Å²) in [5, 5.41) is 13.4. The number of carbonyl (C=O) groups is 2. The van der Waals surface area contributed by atoms with Crippen LogP contribution in [0.5, 0.6) is 0 Å². The number of halogens is 1. The Hall–Kier alpha value is -2.41. The maximum Gasteiger partial charge on any atom is 0.339 e. The second kappa shape index (κ2) is 6.85. The summed E-state index contributed by atoms with van der Waals surface area (Å²) in [5.74, 6) is -1.11. The van der Waals surface area contributed by atoms with Gasteiger partial charge < -0.3 is 15.3 Å². The molecule has 0 spiro atoms. The number of anilines is 1. The van der Waals surface area contributed by atoms with Crippen molar-refractivity contribution in [2.45, 2.75) is 0 Å². The van der Waals surface area contributed by atoms with Crippen LogP contribution in [-0.2, 0) is 9.53 Å². The molecule has 1 heterocycles. The van der Waals surface area contributed by atoms with Crippen LogP contribution in [0.3, 0.4) is 0 Å². The topological polar surface area (TPSA) is 82.3 Å². The molecule has 0 saturated heterocycles. The fourth-order valence-corrected chi connectivity index (χ4v) is 1.76. The number of aromatic nitrogens is 1. The van der Waals surface area contributed by atoms with E-state index in [1.54, 1.807) is 24.3 Å². The van der Waals surface area contributed by atoms with Crippen molar-refractivity contribution < 1.29 is 19.1 Å². The summed E-state index contributed by atoms with van der Waals surface area (Å²) in [7, 11) is 0. The number of ether oxygens (including phenoxy) is 1. The Labute approximate surface area is 129 Å². The minimum absolute atomic E-state index is 0.207. The average Bonchev–Trinajstić information content (AvgIpc) is 2.48.